The van der Waals surface area contributed by atoms with Gasteiger partial charge in [0.05, 0.1) is 5.69 Å². The smallest absolute Gasteiger partial charge is 0.339 e. The van der Waals surface area contributed by atoms with Gasteiger partial charge in [0.1, 0.15) is 5.56 Å². The Morgan fingerprint density at radius 3 is 2.45 bits per heavy atom. The lowest BCUT2D eigenvalue weighted by atomic mass is 10.1. The minimum atomic E-state index is -0.968. The van der Waals surface area contributed by atoms with Gasteiger partial charge in [-0.3, -0.25) is 4.98 Å². The highest BCUT2D eigenvalue weighted by atomic mass is 16.4. The Hall–Kier alpha value is -2.36. The van der Waals surface area contributed by atoms with E-state index in [2.05, 4.69) is 11.1 Å². The third-order valence-corrected chi connectivity index (χ3v) is 3.32. The fourth-order valence-corrected chi connectivity index (χ4v) is 2.30. The molecule has 0 radical (unpaired) electrons. The molecule has 0 fully saturated rings. The van der Waals surface area contributed by atoms with Crippen LogP contribution in [0.5, 0.6) is 0 Å². The van der Waals surface area contributed by atoms with Gasteiger partial charge in [-0.05, 0) is 38.5 Å². The number of aromatic nitrogens is 1. The van der Waals surface area contributed by atoms with Crippen LogP contribution in [0, 0.1) is 20.8 Å². The van der Waals surface area contributed by atoms with Gasteiger partial charge in [0.15, 0.2) is 0 Å². The number of rotatable bonds is 3. The molecular weight excluding hydrogens is 252 g/mol. The number of carbonyl (C=O) groups is 1. The third kappa shape index (κ3) is 2.64. The summed E-state index contributed by atoms with van der Waals surface area (Å²) in [4.78, 5) is 17.3. The van der Waals surface area contributed by atoms with Crippen molar-refractivity contribution in [2.45, 2.75) is 20.8 Å². The lowest BCUT2D eigenvalue weighted by Gasteiger charge is -2.23. The Morgan fingerprint density at radius 2 is 1.85 bits per heavy atom. The number of hydrogen-bond acceptors (Lipinski definition) is 3. The zero-order valence-corrected chi connectivity index (χ0v) is 12.1. The molecule has 1 N–H and O–H groups in total. The predicted octanol–water partition coefficient (Wildman–Crippen LogP) is 3.47. The number of benzene rings is 1. The summed E-state index contributed by atoms with van der Waals surface area (Å²) in [5.41, 5.74) is 4.93. The van der Waals surface area contributed by atoms with Gasteiger partial charge in [-0.15, -0.1) is 0 Å². The van der Waals surface area contributed by atoms with Crippen molar-refractivity contribution in [2.24, 2.45) is 0 Å². The molecule has 104 valence electrons. The van der Waals surface area contributed by atoms with Crippen LogP contribution in [0.1, 0.15) is 27.2 Å². The van der Waals surface area contributed by atoms with Crippen molar-refractivity contribution in [2.75, 3.05) is 11.9 Å². The molecule has 20 heavy (non-hydrogen) atoms. The zero-order chi connectivity index (χ0) is 14.9. The van der Waals surface area contributed by atoms with Gasteiger partial charge >= 0.3 is 5.97 Å². The van der Waals surface area contributed by atoms with Crippen molar-refractivity contribution in [3.8, 4) is 0 Å². The SMILES string of the molecule is Cc1ccc(N(C)c2cc(C)ncc2C(=O)O)c(C)c1. The molecule has 0 bridgehead atoms. The van der Waals surface area contributed by atoms with E-state index in [-0.39, 0.29) is 5.56 Å². The molecule has 0 atom stereocenters. The quantitative estimate of drug-likeness (QED) is 0.927. The molecule has 0 aliphatic carbocycles. The van der Waals surface area contributed by atoms with Crippen LogP contribution in [-0.4, -0.2) is 23.1 Å². The molecule has 2 aromatic rings. The lowest BCUT2D eigenvalue weighted by molar-refractivity contribution is 0.0697. The van der Waals surface area contributed by atoms with Crippen LogP contribution in [0.25, 0.3) is 0 Å². The summed E-state index contributed by atoms with van der Waals surface area (Å²) in [5.74, 6) is -0.968. The first-order chi connectivity index (χ1) is 9.40. The maximum absolute atomic E-state index is 11.3. The van der Waals surface area contributed by atoms with Gasteiger partial charge in [0, 0.05) is 24.6 Å². The summed E-state index contributed by atoms with van der Waals surface area (Å²) in [5, 5.41) is 9.30. The number of nitrogens with zero attached hydrogens (tertiary/aromatic N) is 2. The maximum atomic E-state index is 11.3. The molecule has 0 saturated carbocycles. The second kappa shape index (κ2) is 5.33. The third-order valence-electron chi connectivity index (χ3n) is 3.32. The van der Waals surface area contributed by atoms with Crippen LogP contribution in [-0.2, 0) is 0 Å². The Balaban J connectivity index is 2.55. The second-order valence-electron chi connectivity index (χ2n) is 5.00. The first-order valence-corrected chi connectivity index (χ1v) is 6.41. The molecule has 0 aliphatic heterocycles. The zero-order valence-electron chi connectivity index (χ0n) is 12.1. The predicted molar refractivity (Wildman–Crippen MR) is 79.9 cm³/mol. The highest BCUT2D eigenvalue weighted by Crippen LogP contribution is 2.30. The standard InChI is InChI=1S/C16H18N2O2/c1-10-5-6-14(11(2)7-10)18(4)15-8-12(3)17-9-13(15)16(19)20/h5-9H,1-4H3,(H,19,20). The molecular formula is C16H18N2O2. The minimum absolute atomic E-state index is 0.207. The molecule has 1 heterocycles. The minimum Gasteiger partial charge on any atom is -0.478 e. The van der Waals surface area contributed by atoms with Gasteiger partial charge in [0.2, 0.25) is 0 Å². The van der Waals surface area contributed by atoms with E-state index in [9.17, 15) is 9.90 Å². The van der Waals surface area contributed by atoms with Crippen LogP contribution in [0.3, 0.4) is 0 Å². The average Bonchev–Trinajstić information content (AvgIpc) is 2.37. The fourth-order valence-electron chi connectivity index (χ4n) is 2.30. The van der Waals surface area contributed by atoms with Crippen LogP contribution < -0.4 is 4.90 Å². The summed E-state index contributed by atoms with van der Waals surface area (Å²) in [6, 6.07) is 7.91. The first-order valence-electron chi connectivity index (χ1n) is 6.41. The monoisotopic (exact) mass is 270 g/mol. The molecule has 0 spiro atoms. The Kier molecular flexibility index (Phi) is 3.74. The number of hydrogen-bond donors (Lipinski definition) is 1. The summed E-state index contributed by atoms with van der Waals surface area (Å²) < 4.78 is 0. The maximum Gasteiger partial charge on any atom is 0.339 e. The van der Waals surface area contributed by atoms with Crippen LogP contribution in [0.4, 0.5) is 11.4 Å². The van der Waals surface area contributed by atoms with Crippen molar-refractivity contribution in [1.82, 2.24) is 4.98 Å². The number of aromatic carboxylic acids is 1. The van der Waals surface area contributed by atoms with Gasteiger partial charge in [-0.1, -0.05) is 17.7 Å². The molecule has 0 unspecified atom stereocenters. The molecule has 1 aromatic carbocycles. The average molecular weight is 270 g/mol. The Morgan fingerprint density at radius 1 is 1.15 bits per heavy atom. The summed E-state index contributed by atoms with van der Waals surface area (Å²) in [7, 11) is 1.87. The molecule has 2 rings (SSSR count). The Labute approximate surface area is 118 Å². The van der Waals surface area contributed by atoms with Crippen molar-refractivity contribution < 1.29 is 9.90 Å². The van der Waals surface area contributed by atoms with Crippen molar-refractivity contribution in [1.29, 1.82) is 0 Å². The molecule has 1 aromatic heterocycles. The van der Waals surface area contributed by atoms with Crippen molar-refractivity contribution in [3.63, 3.8) is 0 Å². The van der Waals surface area contributed by atoms with E-state index in [4.69, 9.17) is 0 Å². The number of carboxylic acid groups (broad SMARTS) is 1. The lowest BCUT2D eigenvalue weighted by Crippen LogP contribution is -2.16. The van der Waals surface area contributed by atoms with E-state index in [1.165, 1.54) is 11.8 Å². The van der Waals surface area contributed by atoms with Gasteiger partial charge < -0.3 is 10.0 Å². The van der Waals surface area contributed by atoms with Crippen LogP contribution >= 0.6 is 0 Å². The van der Waals surface area contributed by atoms with Crippen LogP contribution in [0.2, 0.25) is 0 Å². The van der Waals surface area contributed by atoms with Crippen molar-refractivity contribution in [3.05, 3.63) is 52.8 Å². The first kappa shape index (κ1) is 14.1. The number of carboxylic acids is 1. The van der Waals surface area contributed by atoms with Crippen molar-refractivity contribution >= 4 is 17.3 Å². The van der Waals surface area contributed by atoms with E-state index in [1.54, 1.807) is 6.07 Å². The van der Waals surface area contributed by atoms with Crippen LogP contribution in [0.15, 0.2) is 30.5 Å². The molecule has 0 amide bonds. The summed E-state index contributed by atoms with van der Waals surface area (Å²) in [6.45, 7) is 5.91. The van der Waals surface area contributed by atoms with Gasteiger partial charge in [0.25, 0.3) is 0 Å². The molecule has 0 aliphatic rings. The molecule has 0 saturated heterocycles. The normalized spacial score (nSPS) is 10.4. The second-order valence-corrected chi connectivity index (χ2v) is 5.00. The summed E-state index contributed by atoms with van der Waals surface area (Å²) >= 11 is 0. The van der Waals surface area contributed by atoms with Gasteiger partial charge in [-0.2, -0.15) is 0 Å². The highest BCUT2D eigenvalue weighted by molar-refractivity contribution is 5.95. The van der Waals surface area contributed by atoms with Gasteiger partial charge in [-0.25, -0.2) is 4.79 Å². The highest BCUT2D eigenvalue weighted by Gasteiger charge is 2.16. The molecule has 4 nitrogen and oxygen atoms in total. The van der Waals surface area contributed by atoms with E-state index in [0.29, 0.717) is 5.69 Å². The summed E-state index contributed by atoms with van der Waals surface area (Å²) in [6.07, 6.45) is 1.41. The Bertz CT molecular complexity index is 666. The van der Waals surface area contributed by atoms with E-state index < -0.39 is 5.97 Å². The molecule has 4 heteroatoms. The van der Waals surface area contributed by atoms with E-state index in [0.717, 1.165) is 16.9 Å². The number of anilines is 2. The largest absolute Gasteiger partial charge is 0.478 e. The number of pyridine rings is 1. The van der Waals surface area contributed by atoms with E-state index in [1.807, 2.05) is 44.9 Å². The fraction of sp³-hybridized carbons (Fsp3) is 0.250. The topological polar surface area (TPSA) is 53.4 Å². The number of aryl methyl sites for hydroxylation is 3. The van der Waals surface area contributed by atoms with E-state index >= 15 is 0 Å².